The van der Waals surface area contributed by atoms with E-state index in [0.29, 0.717) is 25.4 Å². The van der Waals surface area contributed by atoms with Gasteiger partial charge in [-0.25, -0.2) is 9.97 Å². The second-order valence-corrected chi connectivity index (χ2v) is 7.12. The average Bonchev–Trinajstić information content (AvgIpc) is 3.18. The Bertz CT molecular complexity index is 784. The van der Waals surface area contributed by atoms with Crippen LogP contribution in [0.1, 0.15) is 53.6 Å². The van der Waals surface area contributed by atoms with Crippen LogP contribution in [0.2, 0.25) is 0 Å². The quantitative estimate of drug-likeness (QED) is 0.855. The fourth-order valence-electron chi connectivity index (χ4n) is 3.51. The topological polar surface area (TPSA) is 75.9 Å². The summed E-state index contributed by atoms with van der Waals surface area (Å²) in [7, 11) is 4.05. The third kappa shape index (κ3) is 4.09. The lowest BCUT2D eigenvalue weighted by molar-refractivity contribution is -0.121. The number of hydrogen-bond donors (Lipinski definition) is 1. The molecule has 0 saturated carbocycles. The van der Waals surface area contributed by atoms with Crippen molar-refractivity contribution in [3.8, 4) is 0 Å². The molecule has 1 amide bonds. The highest BCUT2D eigenvalue weighted by Crippen LogP contribution is 2.31. The van der Waals surface area contributed by atoms with Gasteiger partial charge in [-0.05, 0) is 52.3 Å². The van der Waals surface area contributed by atoms with Crippen LogP contribution in [-0.2, 0) is 24.8 Å². The van der Waals surface area contributed by atoms with Gasteiger partial charge < -0.3 is 5.32 Å². The zero-order chi connectivity index (χ0) is 18.7. The highest BCUT2D eigenvalue weighted by atomic mass is 16.1. The maximum Gasteiger partial charge on any atom is 0.220 e. The lowest BCUT2D eigenvalue weighted by Crippen LogP contribution is -2.26. The second kappa shape index (κ2) is 7.95. The SMILES string of the molecule is Cc1ncc(CNC(=O)CCc2cnn(C)c2C)c(C2CCCN2C)n1. The Labute approximate surface area is 154 Å². The zero-order valence-electron chi connectivity index (χ0n) is 16.1. The summed E-state index contributed by atoms with van der Waals surface area (Å²) >= 11 is 0. The predicted molar refractivity (Wildman–Crippen MR) is 99.5 cm³/mol. The fraction of sp³-hybridized carbons (Fsp3) is 0.579. The highest BCUT2D eigenvalue weighted by Gasteiger charge is 2.26. The Kier molecular flexibility index (Phi) is 5.66. The third-order valence-corrected chi connectivity index (χ3v) is 5.29. The first-order chi connectivity index (χ1) is 12.5. The van der Waals surface area contributed by atoms with Crippen molar-refractivity contribution in [3.05, 3.63) is 40.7 Å². The van der Waals surface area contributed by atoms with Crippen LogP contribution in [0.4, 0.5) is 0 Å². The van der Waals surface area contributed by atoms with Gasteiger partial charge in [-0.15, -0.1) is 0 Å². The molecule has 2 aromatic rings. The van der Waals surface area contributed by atoms with E-state index in [1.165, 1.54) is 6.42 Å². The van der Waals surface area contributed by atoms with E-state index in [0.717, 1.165) is 41.3 Å². The molecule has 1 atom stereocenters. The molecule has 1 N–H and O–H groups in total. The number of nitrogens with one attached hydrogen (secondary N) is 1. The van der Waals surface area contributed by atoms with Gasteiger partial charge in [0.1, 0.15) is 5.82 Å². The lowest BCUT2D eigenvalue weighted by Gasteiger charge is -2.21. The van der Waals surface area contributed by atoms with E-state index < -0.39 is 0 Å². The molecule has 0 aromatic carbocycles. The standard InChI is InChI=1S/C19H28N6O/c1-13-15(12-22-25(13)4)7-8-18(26)21-11-16-10-20-14(2)23-19(16)17-6-5-9-24(17)3/h10,12,17H,5-9,11H2,1-4H3,(H,21,26). The van der Waals surface area contributed by atoms with Gasteiger partial charge in [0, 0.05) is 37.5 Å². The van der Waals surface area contributed by atoms with Crippen molar-refractivity contribution in [1.29, 1.82) is 0 Å². The summed E-state index contributed by atoms with van der Waals surface area (Å²) in [6.07, 6.45) is 7.14. The van der Waals surface area contributed by atoms with Crippen LogP contribution in [0.25, 0.3) is 0 Å². The van der Waals surface area contributed by atoms with Gasteiger partial charge in [-0.1, -0.05) is 0 Å². The van der Waals surface area contributed by atoms with Crippen LogP contribution < -0.4 is 5.32 Å². The van der Waals surface area contributed by atoms with Crippen molar-refractivity contribution >= 4 is 5.91 Å². The number of rotatable bonds is 6. The number of carbonyl (C=O) groups excluding carboxylic acids is 1. The molecule has 0 aliphatic carbocycles. The fourth-order valence-corrected chi connectivity index (χ4v) is 3.51. The second-order valence-electron chi connectivity index (χ2n) is 7.12. The Balaban J connectivity index is 1.60. The molecule has 3 rings (SSSR count). The highest BCUT2D eigenvalue weighted by molar-refractivity contribution is 5.76. The molecule has 2 aromatic heterocycles. The van der Waals surface area contributed by atoms with E-state index in [2.05, 4.69) is 32.3 Å². The van der Waals surface area contributed by atoms with E-state index in [1.54, 1.807) is 0 Å². The molecule has 7 heteroatoms. The molecule has 1 aliphatic heterocycles. The minimum Gasteiger partial charge on any atom is -0.352 e. The minimum absolute atomic E-state index is 0.0413. The molecule has 1 fully saturated rings. The van der Waals surface area contributed by atoms with Crippen LogP contribution in [0.15, 0.2) is 12.4 Å². The molecule has 1 aliphatic rings. The maximum atomic E-state index is 12.3. The van der Waals surface area contributed by atoms with E-state index >= 15 is 0 Å². The van der Waals surface area contributed by atoms with E-state index in [-0.39, 0.29) is 5.91 Å². The van der Waals surface area contributed by atoms with Gasteiger partial charge >= 0.3 is 0 Å². The summed E-state index contributed by atoms with van der Waals surface area (Å²) in [6, 6.07) is 0.321. The van der Waals surface area contributed by atoms with Crippen LogP contribution in [-0.4, -0.2) is 44.1 Å². The number of aromatic nitrogens is 4. The molecule has 26 heavy (non-hydrogen) atoms. The van der Waals surface area contributed by atoms with Gasteiger partial charge in [-0.3, -0.25) is 14.4 Å². The Morgan fingerprint density at radius 2 is 2.08 bits per heavy atom. The van der Waals surface area contributed by atoms with Gasteiger partial charge in [0.05, 0.1) is 17.9 Å². The third-order valence-electron chi connectivity index (χ3n) is 5.29. The van der Waals surface area contributed by atoms with Crippen molar-refractivity contribution in [2.24, 2.45) is 7.05 Å². The largest absolute Gasteiger partial charge is 0.352 e. The molecule has 0 bridgehead atoms. The number of hydrogen-bond acceptors (Lipinski definition) is 5. The monoisotopic (exact) mass is 356 g/mol. The van der Waals surface area contributed by atoms with Crippen LogP contribution in [0.5, 0.6) is 0 Å². The van der Waals surface area contributed by atoms with Gasteiger partial charge in [0.2, 0.25) is 5.91 Å². The first-order valence-corrected chi connectivity index (χ1v) is 9.22. The van der Waals surface area contributed by atoms with Gasteiger partial charge in [0.25, 0.3) is 0 Å². The lowest BCUT2D eigenvalue weighted by atomic mass is 10.1. The number of likely N-dealkylation sites (tertiary alicyclic amines) is 1. The minimum atomic E-state index is 0.0413. The Morgan fingerprint density at radius 1 is 1.27 bits per heavy atom. The number of aryl methyl sites for hydroxylation is 3. The van der Waals surface area contributed by atoms with Crippen molar-refractivity contribution in [1.82, 2.24) is 30.0 Å². The first-order valence-electron chi connectivity index (χ1n) is 9.22. The van der Waals surface area contributed by atoms with Crippen molar-refractivity contribution in [2.45, 2.75) is 52.1 Å². The van der Waals surface area contributed by atoms with Crippen LogP contribution in [0, 0.1) is 13.8 Å². The average molecular weight is 356 g/mol. The van der Waals surface area contributed by atoms with Crippen LogP contribution in [0.3, 0.4) is 0 Å². The van der Waals surface area contributed by atoms with Crippen molar-refractivity contribution in [2.75, 3.05) is 13.6 Å². The molecule has 3 heterocycles. The molecule has 0 radical (unpaired) electrons. The normalized spacial score (nSPS) is 17.6. The van der Waals surface area contributed by atoms with Crippen molar-refractivity contribution in [3.63, 3.8) is 0 Å². The van der Waals surface area contributed by atoms with E-state index in [1.807, 2.05) is 38.0 Å². The summed E-state index contributed by atoms with van der Waals surface area (Å²) in [5.74, 6) is 0.821. The molecular weight excluding hydrogens is 328 g/mol. The zero-order valence-corrected chi connectivity index (χ0v) is 16.1. The number of nitrogens with zero attached hydrogens (tertiary/aromatic N) is 5. The smallest absolute Gasteiger partial charge is 0.220 e. The first kappa shape index (κ1) is 18.5. The Hall–Kier alpha value is -2.28. The van der Waals surface area contributed by atoms with E-state index in [4.69, 9.17) is 0 Å². The molecule has 1 unspecified atom stereocenters. The summed E-state index contributed by atoms with van der Waals surface area (Å²) in [5.41, 5.74) is 4.30. The summed E-state index contributed by atoms with van der Waals surface area (Å²) in [6.45, 7) is 5.50. The molecule has 140 valence electrons. The summed E-state index contributed by atoms with van der Waals surface area (Å²) in [4.78, 5) is 23.6. The Morgan fingerprint density at radius 3 is 2.73 bits per heavy atom. The van der Waals surface area contributed by atoms with Gasteiger partial charge in [0.15, 0.2) is 0 Å². The summed E-state index contributed by atoms with van der Waals surface area (Å²) in [5, 5.41) is 7.25. The van der Waals surface area contributed by atoms with Gasteiger partial charge in [-0.2, -0.15) is 5.10 Å². The molecule has 7 nitrogen and oxygen atoms in total. The van der Waals surface area contributed by atoms with E-state index in [9.17, 15) is 4.79 Å². The molecule has 1 saturated heterocycles. The number of carbonyl (C=O) groups is 1. The van der Waals surface area contributed by atoms with Crippen molar-refractivity contribution < 1.29 is 4.79 Å². The number of amides is 1. The summed E-state index contributed by atoms with van der Waals surface area (Å²) < 4.78 is 1.83. The van der Waals surface area contributed by atoms with Crippen LogP contribution >= 0.6 is 0 Å². The molecular formula is C19H28N6O. The molecule has 0 spiro atoms. The maximum absolute atomic E-state index is 12.3. The predicted octanol–water partition coefficient (Wildman–Crippen LogP) is 1.84.